The Morgan fingerprint density at radius 2 is 1.82 bits per heavy atom. The Bertz CT molecular complexity index is 1130. The largest absolute Gasteiger partial charge is 0.353 e. The van der Waals surface area contributed by atoms with Crippen LogP contribution < -0.4 is 10.9 Å². The Morgan fingerprint density at radius 3 is 2.54 bits per heavy atom. The third-order valence-corrected chi connectivity index (χ3v) is 4.39. The second-order valence-electron chi connectivity index (χ2n) is 6.41. The van der Waals surface area contributed by atoms with Crippen molar-refractivity contribution in [3.05, 3.63) is 83.2 Å². The van der Waals surface area contributed by atoms with E-state index in [4.69, 9.17) is 0 Å². The molecule has 2 aromatic rings. The second kappa shape index (κ2) is 7.48. The first-order valence-electron chi connectivity index (χ1n) is 9.07. The van der Waals surface area contributed by atoms with Crippen LogP contribution in [0.3, 0.4) is 0 Å². The number of fused-ring (bicyclic) bond motifs is 1. The number of carbonyl (C=O) groups is 1. The molecule has 2 aliphatic heterocycles. The average Bonchev–Trinajstić information content (AvgIpc) is 3.06. The van der Waals surface area contributed by atoms with Gasteiger partial charge in [-0.15, -0.1) is 0 Å². The molecule has 1 aromatic heterocycles. The van der Waals surface area contributed by atoms with Crippen molar-refractivity contribution in [2.45, 2.75) is 19.9 Å². The molecule has 0 saturated heterocycles. The summed E-state index contributed by atoms with van der Waals surface area (Å²) < 4.78 is 3.20. The van der Waals surface area contributed by atoms with Crippen LogP contribution >= 0.6 is 0 Å². The average molecular weight is 373 g/mol. The number of hydrogen-bond donors (Lipinski definition) is 1. The lowest BCUT2D eigenvalue weighted by molar-refractivity contribution is 0.102. The number of benzene rings is 1. The van der Waals surface area contributed by atoms with E-state index in [9.17, 15) is 9.59 Å². The molecule has 0 unspecified atom stereocenters. The molecule has 7 nitrogen and oxygen atoms in total. The monoisotopic (exact) mass is 373 g/mol. The van der Waals surface area contributed by atoms with Gasteiger partial charge in [0, 0.05) is 37.0 Å². The molecule has 28 heavy (non-hydrogen) atoms. The highest BCUT2D eigenvalue weighted by atomic mass is 16.2. The normalized spacial score (nSPS) is 10.9. The minimum atomic E-state index is -0.320. The predicted molar refractivity (Wildman–Crippen MR) is 107 cm³/mol. The molecule has 7 heteroatoms. The lowest BCUT2D eigenvalue weighted by Crippen LogP contribution is -2.17. The van der Waals surface area contributed by atoms with Crippen LogP contribution in [0.5, 0.6) is 0 Å². The van der Waals surface area contributed by atoms with E-state index in [0.717, 1.165) is 6.42 Å². The van der Waals surface area contributed by atoms with E-state index < -0.39 is 0 Å². The number of carbonyl (C=O) groups excluding carboxylic acids is 1. The molecule has 0 aliphatic carbocycles. The first-order valence-corrected chi connectivity index (χ1v) is 9.07. The summed E-state index contributed by atoms with van der Waals surface area (Å²) in [5, 5.41) is 7.31. The van der Waals surface area contributed by atoms with Crippen LogP contribution in [0.4, 0.5) is 5.69 Å². The quantitative estimate of drug-likeness (QED) is 0.582. The Labute approximate surface area is 161 Å². The highest BCUT2D eigenvalue weighted by Crippen LogP contribution is 2.23. The second-order valence-corrected chi connectivity index (χ2v) is 6.41. The summed E-state index contributed by atoms with van der Waals surface area (Å²) in [5.74, 6) is -0.320. The number of aryl methyl sites for hydroxylation is 1. The van der Waals surface area contributed by atoms with Crippen molar-refractivity contribution in [3.63, 3.8) is 0 Å². The summed E-state index contributed by atoms with van der Waals surface area (Å²) in [6.45, 7) is 2.74. The molecule has 3 heterocycles. The fraction of sp³-hybridized carbons (Fsp3) is 0.143. The van der Waals surface area contributed by atoms with Gasteiger partial charge < -0.3 is 9.88 Å². The van der Waals surface area contributed by atoms with E-state index in [1.807, 2.05) is 41.8 Å². The van der Waals surface area contributed by atoms with Gasteiger partial charge in [-0.25, -0.2) is 0 Å². The first kappa shape index (κ1) is 17.7. The van der Waals surface area contributed by atoms with Crippen LogP contribution in [0.1, 0.15) is 23.7 Å². The van der Waals surface area contributed by atoms with Crippen LogP contribution in [0.2, 0.25) is 0 Å². The van der Waals surface area contributed by atoms with Crippen molar-refractivity contribution >= 4 is 11.6 Å². The van der Waals surface area contributed by atoms with Crippen LogP contribution in [-0.4, -0.2) is 25.2 Å². The number of aromatic nitrogens is 4. The zero-order chi connectivity index (χ0) is 19.5. The number of rotatable bonds is 5. The number of anilines is 1. The van der Waals surface area contributed by atoms with Crippen LogP contribution in [0.15, 0.2) is 72.0 Å². The Balaban J connectivity index is 1.84. The number of para-hydroxylation sites is 1. The van der Waals surface area contributed by atoms with Crippen molar-refractivity contribution < 1.29 is 4.79 Å². The zero-order valence-corrected chi connectivity index (χ0v) is 15.4. The molecule has 1 aromatic carbocycles. The van der Waals surface area contributed by atoms with E-state index in [-0.39, 0.29) is 11.5 Å². The number of amides is 1. The van der Waals surface area contributed by atoms with Gasteiger partial charge in [0.1, 0.15) is 5.69 Å². The summed E-state index contributed by atoms with van der Waals surface area (Å²) in [5.41, 5.74) is 2.20. The van der Waals surface area contributed by atoms with Gasteiger partial charge in [0.05, 0.1) is 16.8 Å². The van der Waals surface area contributed by atoms with Gasteiger partial charge in [0.2, 0.25) is 0 Å². The third-order valence-electron chi connectivity index (χ3n) is 4.39. The Kier molecular flexibility index (Phi) is 4.72. The highest BCUT2D eigenvalue weighted by molar-refractivity contribution is 6.08. The fourth-order valence-corrected chi connectivity index (χ4v) is 3.09. The molecule has 0 fully saturated rings. The van der Waals surface area contributed by atoms with Gasteiger partial charge in [-0.2, -0.15) is 9.78 Å². The van der Waals surface area contributed by atoms with Gasteiger partial charge in [0.15, 0.2) is 0 Å². The lowest BCUT2D eigenvalue weighted by atomic mass is 10.1. The Morgan fingerprint density at radius 1 is 1.07 bits per heavy atom. The highest BCUT2D eigenvalue weighted by Gasteiger charge is 2.24. The molecule has 2 aliphatic rings. The lowest BCUT2D eigenvalue weighted by Gasteiger charge is -2.12. The first-order chi connectivity index (χ1) is 13.7. The summed E-state index contributed by atoms with van der Waals surface area (Å²) in [4.78, 5) is 29.9. The van der Waals surface area contributed by atoms with Crippen molar-refractivity contribution in [2.75, 3.05) is 5.32 Å². The molecule has 0 bridgehead atoms. The van der Waals surface area contributed by atoms with E-state index >= 15 is 0 Å². The molecule has 140 valence electrons. The summed E-state index contributed by atoms with van der Waals surface area (Å²) in [6.07, 6.45) is 7.59. The minimum absolute atomic E-state index is 0.246. The minimum Gasteiger partial charge on any atom is -0.353 e. The number of hydrogen-bond acceptors (Lipinski definition) is 4. The van der Waals surface area contributed by atoms with E-state index in [0.29, 0.717) is 34.7 Å². The standard InChI is InChI=1S/C21H19N5O2/c1-2-12-25-13-17(20(27)23-15-8-10-22-11-9-15)19-18(14-25)21(28)26(24-19)16-6-4-3-5-7-16/h3-11,13-14H,2,12H2,1H3,(H,22,23,27). The molecule has 0 saturated carbocycles. The van der Waals surface area contributed by atoms with Crippen LogP contribution in [0.25, 0.3) is 16.9 Å². The maximum atomic E-state index is 13.0. The van der Waals surface area contributed by atoms with Crippen molar-refractivity contribution in [1.29, 1.82) is 0 Å². The van der Waals surface area contributed by atoms with E-state index in [2.05, 4.69) is 15.4 Å². The van der Waals surface area contributed by atoms with Crippen LogP contribution in [-0.2, 0) is 6.54 Å². The van der Waals surface area contributed by atoms with Crippen LogP contribution in [0, 0.1) is 0 Å². The molecule has 4 rings (SSSR count). The van der Waals surface area contributed by atoms with Gasteiger partial charge >= 0.3 is 0 Å². The predicted octanol–water partition coefficient (Wildman–Crippen LogP) is 3.20. The molecule has 1 N–H and O–H groups in total. The van der Waals surface area contributed by atoms with Gasteiger partial charge in [-0.05, 0) is 30.7 Å². The van der Waals surface area contributed by atoms with Crippen molar-refractivity contribution in [2.24, 2.45) is 0 Å². The molecule has 0 atom stereocenters. The van der Waals surface area contributed by atoms with Crippen molar-refractivity contribution in [1.82, 2.24) is 19.3 Å². The van der Waals surface area contributed by atoms with E-state index in [1.54, 1.807) is 36.9 Å². The molecule has 0 radical (unpaired) electrons. The number of nitrogens with zero attached hydrogens (tertiary/aromatic N) is 4. The maximum Gasteiger partial charge on any atom is 0.282 e. The summed E-state index contributed by atoms with van der Waals surface area (Å²) in [7, 11) is 0. The smallest absolute Gasteiger partial charge is 0.282 e. The maximum absolute atomic E-state index is 13.0. The number of nitrogens with one attached hydrogen (secondary N) is 1. The Hall–Kier alpha value is -3.74. The topological polar surface area (TPSA) is 81.8 Å². The SMILES string of the molecule is CCCn1cc(C(=O)Nc2ccncc2)c2nn(-c3ccccc3)c(=O)c-2c1. The molecular weight excluding hydrogens is 354 g/mol. The molecular formula is C21H19N5O2. The van der Waals surface area contributed by atoms with Gasteiger partial charge in [-0.3, -0.25) is 14.6 Å². The molecule has 1 amide bonds. The van der Waals surface area contributed by atoms with Gasteiger partial charge in [-0.1, -0.05) is 25.1 Å². The number of pyridine rings is 2. The van der Waals surface area contributed by atoms with Gasteiger partial charge in [0.25, 0.3) is 11.5 Å². The van der Waals surface area contributed by atoms with Crippen molar-refractivity contribution in [3.8, 4) is 16.9 Å². The summed E-state index contributed by atoms with van der Waals surface area (Å²) >= 11 is 0. The molecule has 0 spiro atoms. The zero-order valence-electron chi connectivity index (χ0n) is 15.4. The fourth-order valence-electron chi connectivity index (χ4n) is 3.09. The van der Waals surface area contributed by atoms with E-state index in [1.165, 1.54) is 4.68 Å². The third kappa shape index (κ3) is 3.29. The summed E-state index contributed by atoms with van der Waals surface area (Å²) in [6, 6.07) is 12.6.